The van der Waals surface area contributed by atoms with Gasteiger partial charge in [-0.25, -0.2) is 0 Å². The molecule has 1 rings (SSSR count). The van der Waals surface area contributed by atoms with E-state index >= 15 is 0 Å². The summed E-state index contributed by atoms with van der Waals surface area (Å²) in [6.45, 7) is 2.21. The molecule has 0 aliphatic heterocycles. The van der Waals surface area contributed by atoms with Crippen LogP contribution < -0.4 is 10.1 Å². The van der Waals surface area contributed by atoms with Gasteiger partial charge in [0.1, 0.15) is 5.75 Å². The van der Waals surface area contributed by atoms with E-state index in [0.717, 1.165) is 10.6 Å². The first-order valence-electron chi connectivity index (χ1n) is 6.72. The van der Waals surface area contributed by atoms with Crippen LogP contribution in [0.15, 0.2) is 29.2 Å². The van der Waals surface area contributed by atoms with Crippen LogP contribution in [0.2, 0.25) is 0 Å². The molecule has 5 nitrogen and oxygen atoms in total. The molecular weight excluding hydrogens is 288 g/mol. The second-order valence-electron chi connectivity index (χ2n) is 4.76. The fourth-order valence-corrected chi connectivity index (χ4v) is 2.46. The number of hydrogen-bond donors (Lipinski definition) is 1. The number of hydrogen-bond acceptors (Lipinski definition) is 4. The van der Waals surface area contributed by atoms with Crippen molar-refractivity contribution in [1.82, 2.24) is 10.2 Å². The number of carbonyl (C=O) groups is 2. The Balaban J connectivity index is 2.38. The van der Waals surface area contributed by atoms with Crippen LogP contribution in [0.25, 0.3) is 0 Å². The molecule has 0 saturated carbocycles. The van der Waals surface area contributed by atoms with Crippen LogP contribution in [0.5, 0.6) is 5.75 Å². The molecule has 0 spiro atoms. The molecule has 1 aromatic rings. The van der Waals surface area contributed by atoms with Gasteiger partial charge < -0.3 is 15.0 Å². The molecule has 0 aliphatic rings. The highest BCUT2D eigenvalue weighted by Gasteiger charge is 2.14. The van der Waals surface area contributed by atoms with Crippen LogP contribution >= 0.6 is 11.8 Å². The first kappa shape index (κ1) is 17.4. The van der Waals surface area contributed by atoms with E-state index in [1.165, 1.54) is 16.7 Å². The minimum atomic E-state index is -0.215. The van der Waals surface area contributed by atoms with Crippen LogP contribution in [0.3, 0.4) is 0 Å². The average Bonchev–Trinajstić information content (AvgIpc) is 2.47. The number of ether oxygens (including phenoxy) is 1. The molecule has 6 heteroatoms. The lowest BCUT2D eigenvalue weighted by atomic mass is 10.3. The van der Waals surface area contributed by atoms with Gasteiger partial charge in [0.05, 0.1) is 12.4 Å². The lowest BCUT2D eigenvalue weighted by Gasteiger charge is -2.13. The van der Waals surface area contributed by atoms with Crippen molar-refractivity contribution < 1.29 is 14.3 Å². The van der Waals surface area contributed by atoms with Crippen LogP contribution in [-0.4, -0.2) is 49.7 Å². The van der Waals surface area contributed by atoms with Crippen LogP contribution in [-0.2, 0) is 9.59 Å². The standard InChI is InChI=1S/C15H22N2O3S/c1-11(15(19)16-10-9-14(18)17(2)3)21-13-7-5-12(20-4)6-8-13/h5-8,11H,9-10H2,1-4H3,(H,16,19)/t11-/m0/s1. The van der Waals surface area contributed by atoms with Crippen LogP contribution in [0.4, 0.5) is 0 Å². The van der Waals surface area contributed by atoms with Gasteiger partial charge in [0.2, 0.25) is 11.8 Å². The Morgan fingerprint density at radius 3 is 2.43 bits per heavy atom. The van der Waals surface area contributed by atoms with Gasteiger partial charge in [-0.1, -0.05) is 0 Å². The summed E-state index contributed by atoms with van der Waals surface area (Å²) in [5, 5.41) is 2.56. The van der Waals surface area contributed by atoms with E-state index in [-0.39, 0.29) is 17.1 Å². The zero-order valence-corrected chi connectivity index (χ0v) is 13.7. The lowest BCUT2D eigenvalue weighted by Crippen LogP contribution is -2.34. The molecule has 1 N–H and O–H groups in total. The molecule has 1 atom stereocenters. The summed E-state index contributed by atoms with van der Waals surface area (Å²) in [4.78, 5) is 25.9. The maximum Gasteiger partial charge on any atom is 0.233 e. The Morgan fingerprint density at radius 2 is 1.90 bits per heavy atom. The van der Waals surface area contributed by atoms with E-state index in [1.54, 1.807) is 21.2 Å². The van der Waals surface area contributed by atoms with Gasteiger partial charge in [-0.3, -0.25) is 9.59 Å². The molecular formula is C15H22N2O3S. The van der Waals surface area contributed by atoms with Gasteiger partial charge in [-0.15, -0.1) is 11.8 Å². The third-order valence-electron chi connectivity index (χ3n) is 2.88. The van der Waals surface area contributed by atoms with Crippen molar-refractivity contribution in [3.8, 4) is 5.75 Å². The van der Waals surface area contributed by atoms with Crippen molar-refractivity contribution in [2.45, 2.75) is 23.5 Å². The van der Waals surface area contributed by atoms with Gasteiger partial charge >= 0.3 is 0 Å². The molecule has 0 aliphatic carbocycles. The monoisotopic (exact) mass is 310 g/mol. The Hall–Kier alpha value is -1.69. The molecule has 0 aromatic heterocycles. The average molecular weight is 310 g/mol. The summed E-state index contributed by atoms with van der Waals surface area (Å²) in [6, 6.07) is 7.57. The van der Waals surface area contributed by atoms with E-state index in [9.17, 15) is 9.59 Å². The molecule has 0 radical (unpaired) electrons. The first-order chi connectivity index (χ1) is 9.93. The van der Waals surface area contributed by atoms with Gasteiger partial charge in [-0.2, -0.15) is 0 Å². The van der Waals surface area contributed by atoms with E-state index in [4.69, 9.17) is 4.74 Å². The highest BCUT2D eigenvalue weighted by molar-refractivity contribution is 8.00. The second kappa shape index (κ2) is 8.56. The number of methoxy groups -OCH3 is 1. The third kappa shape index (κ3) is 6.08. The maximum atomic E-state index is 11.9. The molecule has 2 amide bonds. The molecule has 0 bridgehead atoms. The van der Waals surface area contributed by atoms with E-state index in [2.05, 4.69) is 5.32 Å². The minimum absolute atomic E-state index is 0.00533. The molecule has 0 heterocycles. The Bertz CT molecular complexity index is 474. The van der Waals surface area contributed by atoms with E-state index < -0.39 is 0 Å². The highest BCUT2D eigenvalue weighted by atomic mass is 32.2. The smallest absolute Gasteiger partial charge is 0.233 e. The first-order valence-corrected chi connectivity index (χ1v) is 7.60. The zero-order chi connectivity index (χ0) is 15.8. The molecule has 0 fully saturated rings. The van der Waals surface area contributed by atoms with Gasteiger partial charge in [0.15, 0.2) is 0 Å². The number of thioether (sulfide) groups is 1. The van der Waals surface area contributed by atoms with Crippen molar-refractivity contribution in [1.29, 1.82) is 0 Å². The summed E-state index contributed by atoms with van der Waals surface area (Å²) in [7, 11) is 5.02. The molecule has 1 aromatic carbocycles. The minimum Gasteiger partial charge on any atom is -0.497 e. The van der Waals surface area contributed by atoms with Gasteiger partial charge in [0.25, 0.3) is 0 Å². The van der Waals surface area contributed by atoms with Crippen LogP contribution in [0, 0.1) is 0 Å². The lowest BCUT2D eigenvalue weighted by molar-refractivity contribution is -0.128. The number of nitrogens with zero attached hydrogens (tertiary/aromatic N) is 1. The van der Waals surface area contributed by atoms with Crippen molar-refractivity contribution in [2.75, 3.05) is 27.7 Å². The summed E-state index contributed by atoms with van der Waals surface area (Å²) >= 11 is 1.47. The molecule has 0 unspecified atom stereocenters. The molecule has 21 heavy (non-hydrogen) atoms. The van der Waals surface area contributed by atoms with E-state index in [1.807, 2.05) is 31.2 Å². The topological polar surface area (TPSA) is 58.6 Å². The van der Waals surface area contributed by atoms with Crippen molar-refractivity contribution in [2.24, 2.45) is 0 Å². The summed E-state index contributed by atoms with van der Waals surface area (Å²) in [5.74, 6) is 0.729. The molecule has 0 saturated heterocycles. The quantitative estimate of drug-likeness (QED) is 0.780. The third-order valence-corrected chi connectivity index (χ3v) is 3.99. The van der Waals surface area contributed by atoms with E-state index in [0.29, 0.717) is 13.0 Å². The summed E-state index contributed by atoms with van der Waals surface area (Å²) in [5.41, 5.74) is 0. The zero-order valence-electron chi connectivity index (χ0n) is 12.9. The predicted molar refractivity (Wildman–Crippen MR) is 84.6 cm³/mol. The second-order valence-corrected chi connectivity index (χ2v) is 6.18. The number of amides is 2. The van der Waals surface area contributed by atoms with Gasteiger partial charge in [0, 0.05) is 32.0 Å². The number of rotatable bonds is 7. The van der Waals surface area contributed by atoms with Crippen molar-refractivity contribution in [3.05, 3.63) is 24.3 Å². The maximum absolute atomic E-state index is 11.9. The highest BCUT2D eigenvalue weighted by Crippen LogP contribution is 2.25. The predicted octanol–water partition coefficient (Wildman–Crippen LogP) is 1.77. The molecule has 116 valence electrons. The van der Waals surface area contributed by atoms with Crippen molar-refractivity contribution in [3.63, 3.8) is 0 Å². The summed E-state index contributed by atoms with van der Waals surface area (Å²) in [6.07, 6.45) is 0.318. The Labute approximate surface area is 130 Å². The Kier molecular flexibility index (Phi) is 7.08. The SMILES string of the molecule is COc1ccc(S[C@@H](C)C(=O)NCCC(=O)N(C)C)cc1. The largest absolute Gasteiger partial charge is 0.497 e. The number of carbonyl (C=O) groups excluding carboxylic acids is 2. The van der Waals surface area contributed by atoms with Crippen LogP contribution in [0.1, 0.15) is 13.3 Å². The normalized spacial score (nSPS) is 11.6. The fraction of sp³-hybridized carbons (Fsp3) is 0.467. The van der Waals surface area contributed by atoms with Gasteiger partial charge in [-0.05, 0) is 31.2 Å². The Morgan fingerprint density at radius 1 is 1.29 bits per heavy atom. The van der Waals surface area contributed by atoms with Crippen molar-refractivity contribution >= 4 is 23.6 Å². The number of benzene rings is 1. The fourth-order valence-electron chi connectivity index (χ4n) is 1.57. The number of nitrogens with one attached hydrogen (secondary N) is 1. The summed E-state index contributed by atoms with van der Waals surface area (Å²) < 4.78 is 5.09.